The molecular weight excluding hydrogens is 351 g/mol. The van der Waals surface area contributed by atoms with Gasteiger partial charge in [0.2, 0.25) is 10.0 Å². The Balaban J connectivity index is 2.33. The van der Waals surface area contributed by atoms with Gasteiger partial charge in [0, 0.05) is 10.5 Å². The van der Waals surface area contributed by atoms with Crippen LogP contribution < -0.4 is 10.5 Å². The molecule has 0 unspecified atom stereocenters. The summed E-state index contributed by atoms with van der Waals surface area (Å²) in [6.07, 6.45) is 3.75. The van der Waals surface area contributed by atoms with E-state index < -0.39 is 21.7 Å². The maximum absolute atomic E-state index is 13.8. The summed E-state index contributed by atoms with van der Waals surface area (Å²) in [4.78, 5) is 11.7. The lowest BCUT2D eigenvalue weighted by Crippen LogP contribution is -2.33. The number of halogens is 2. The fraction of sp³-hybridized carbons (Fsp3) is 0.417. The van der Waals surface area contributed by atoms with E-state index in [4.69, 9.17) is 5.14 Å². The molecule has 1 aliphatic carbocycles. The maximum Gasteiger partial charge on any atom is 0.254 e. The number of nitrogens with one attached hydrogen (secondary N) is 1. The highest BCUT2D eigenvalue weighted by Gasteiger charge is 2.23. The minimum atomic E-state index is -4.03. The van der Waals surface area contributed by atoms with Crippen LogP contribution >= 0.6 is 15.9 Å². The summed E-state index contributed by atoms with van der Waals surface area (Å²) in [6, 6.07) is 1.91. The lowest BCUT2D eigenvalue weighted by molar-refractivity contribution is 0.0933. The molecule has 5 nitrogen and oxygen atoms in total. The molecule has 0 atom stereocenters. The first-order valence-electron chi connectivity index (χ1n) is 6.12. The van der Waals surface area contributed by atoms with Gasteiger partial charge in [-0.05, 0) is 40.9 Å². The smallest absolute Gasteiger partial charge is 0.254 e. The summed E-state index contributed by atoms with van der Waals surface area (Å²) < 4.78 is 36.6. The number of benzene rings is 1. The number of amides is 1. The van der Waals surface area contributed by atoms with Crippen LogP contribution in [0.3, 0.4) is 0 Å². The van der Waals surface area contributed by atoms with Crippen LogP contribution in [0.2, 0.25) is 0 Å². The van der Waals surface area contributed by atoms with E-state index in [1.54, 1.807) is 0 Å². The van der Waals surface area contributed by atoms with E-state index in [-0.39, 0.29) is 21.0 Å². The second-order valence-electron chi connectivity index (χ2n) is 4.76. The van der Waals surface area contributed by atoms with Crippen molar-refractivity contribution < 1.29 is 17.6 Å². The van der Waals surface area contributed by atoms with Gasteiger partial charge < -0.3 is 5.32 Å². The molecule has 1 aromatic carbocycles. The van der Waals surface area contributed by atoms with Crippen LogP contribution in [0.25, 0.3) is 0 Å². The standard InChI is InChI=1S/C12H14BrFN2O3S/c13-9-6-10(14)8(5-11(9)20(15,18)19)12(17)16-7-3-1-2-4-7/h5-7H,1-4H2,(H,16,17)(H2,15,18,19). The van der Waals surface area contributed by atoms with Gasteiger partial charge in [-0.2, -0.15) is 0 Å². The quantitative estimate of drug-likeness (QED) is 0.858. The van der Waals surface area contributed by atoms with Crippen molar-refractivity contribution in [3.8, 4) is 0 Å². The number of primary sulfonamides is 1. The molecule has 3 N–H and O–H groups in total. The van der Waals surface area contributed by atoms with Gasteiger partial charge in [0.15, 0.2) is 0 Å². The van der Waals surface area contributed by atoms with Crippen LogP contribution in [-0.2, 0) is 10.0 Å². The second kappa shape index (κ2) is 5.79. The average Bonchev–Trinajstić information content (AvgIpc) is 2.79. The molecule has 2 rings (SSSR count). The number of carbonyl (C=O) groups is 1. The zero-order chi connectivity index (χ0) is 14.9. The van der Waals surface area contributed by atoms with Crippen LogP contribution in [-0.4, -0.2) is 20.4 Å². The minimum absolute atomic E-state index is 0.00471. The number of hydrogen-bond donors (Lipinski definition) is 2. The van der Waals surface area contributed by atoms with Gasteiger partial charge in [-0.3, -0.25) is 4.79 Å². The Morgan fingerprint density at radius 3 is 2.50 bits per heavy atom. The lowest BCUT2D eigenvalue weighted by atomic mass is 10.1. The highest BCUT2D eigenvalue weighted by molar-refractivity contribution is 9.10. The van der Waals surface area contributed by atoms with Gasteiger partial charge in [0.05, 0.1) is 10.5 Å². The molecule has 110 valence electrons. The van der Waals surface area contributed by atoms with Gasteiger partial charge in [-0.25, -0.2) is 17.9 Å². The normalized spacial score (nSPS) is 16.4. The van der Waals surface area contributed by atoms with Crippen LogP contribution in [0.15, 0.2) is 21.5 Å². The maximum atomic E-state index is 13.8. The van der Waals surface area contributed by atoms with E-state index in [9.17, 15) is 17.6 Å². The van der Waals surface area contributed by atoms with Crippen LogP contribution in [0.1, 0.15) is 36.0 Å². The van der Waals surface area contributed by atoms with Crippen molar-refractivity contribution >= 4 is 31.9 Å². The van der Waals surface area contributed by atoms with Crippen LogP contribution in [0.5, 0.6) is 0 Å². The average molecular weight is 365 g/mol. The molecule has 20 heavy (non-hydrogen) atoms. The van der Waals surface area contributed by atoms with Crippen LogP contribution in [0.4, 0.5) is 4.39 Å². The van der Waals surface area contributed by atoms with Gasteiger partial charge in [0.25, 0.3) is 5.91 Å². The Hall–Kier alpha value is -0.990. The number of sulfonamides is 1. The zero-order valence-electron chi connectivity index (χ0n) is 10.5. The number of rotatable bonds is 3. The SMILES string of the molecule is NS(=O)(=O)c1cc(C(=O)NC2CCCC2)c(F)cc1Br. The van der Waals surface area contributed by atoms with E-state index in [0.29, 0.717) is 0 Å². The van der Waals surface area contributed by atoms with Crippen molar-refractivity contribution in [1.82, 2.24) is 5.32 Å². The van der Waals surface area contributed by atoms with Gasteiger partial charge in [-0.15, -0.1) is 0 Å². The monoisotopic (exact) mass is 364 g/mol. The van der Waals surface area contributed by atoms with E-state index in [1.807, 2.05) is 0 Å². The van der Waals surface area contributed by atoms with Crippen molar-refractivity contribution in [2.75, 3.05) is 0 Å². The predicted molar refractivity (Wildman–Crippen MR) is 75.2 cm³/mol. The molecule has 0 bridgehead atoms. The first kappa shape index (κ1) is 15.4. The molecular formula is C12H14BrFN2O3S. The van der Waals surface area contributed by atoms with E-state index >= 15 is 0 Å². The summed E-state index contributed by atoms with van der Waals surface area (Å²) in [6.45, 7) is 0. The summed E-state index contributed by atoms with van der Waals surface area (Å²) in [5.74, 6) is -1.41. The minimum Gasteiger partial charge on any atom is -0.349 e. The number of carbonyl (C=O) groups excluding carboxylic acids is 1. The Kier molecular flexibility index (Phi) is 4.46. The fourth-order valence-corrected chi connectivity index (χ4v) is 3.86. The predicted octanol–water partition coefficient (Wildman–Crippen LogP) is 1.91. The van der Waals surface area contributed by atoms with Gasteiger partial charge >= 0.3 is 0 Å². The third-order valence-electron chi connectivity index (χ3n) is 3.26. The molecule has 1 saturated carbocycles. The molecule has 0 spiro atoms. The summed E-state index contributed by atoms with van der Waals surface area (Å²) in [5, 5.41) is 7.73. The molecule has 8 heteroatoms. The van der Waals surface area contributed by atoms with Crippen molar-refractivity contribution in [2.45, 2.75) is 36.6 Å². The fourth-order valence-electron chi connectivity index (χ4n) is 2.25. The van der Waals surface area contributed by atoms with Crippen molar-refractivity contribution in [2.24, 2.45) is 5.14 Å². The molecule has 1 aliphatic rings. The molecule has 0 aliphatic heterocycles. The number of nitrogens with two attached hydrogens (primary N) is 1. The summed E-state index contributed by atoms with van der Waals surface area (Å²) in [7, 11) is -4.03. The first-order valence-corrected chi connectivity index (χ1v) is 8.45. The second-order valence-corrected chi connectivity index (χ2v) is 7.15. The van der Waals surface area contributed by atoms with Gasteiger partial charge in [-0.1, -0.05) is 12.8 Å². The Labute approximate surface area is 124 Å². The van der Waals surface area contributed by atoms with Crippen LogP contribution in [0, 0.1) is 5.82 Å². The van der Waals surface area contributed by atoms with Crippen molar-refractivity contribution in [1.29, 1.82) is 0 Å². The molecule has 0 saturated heterocycles. The Bertz CT molecular complexity index is 642. The number of hydrogen-bond acceptors (Lipinski definition) is 3. The highest BCUT2D eigenvalue weighted by atomic mass is 79.9. The third-order valence-corrected chi connectivity index (χ3v) is 5.13. The Morgan fingerprint density at radius 2 is 1.95 bits per heavy atom. The molecule has 1 amide bonds. The molecule has 1 fully saturated rings. The van der Waals surface area contributed by atoms with Crippen molar-refractivity contribution in [3.63, 3.8) is 0 Å². The first-order chi connectivity index (χ1) is 9.29. The zero-order valence-corrected chi connectivity index (χ0v) is 12.9. The van der Waals surface area contributed by atoms with E-state index in [1.165, 1.54) is 0 Å². The molecule has 1 aromatic rings. The van der Waals surface area contributed by atoms with E-state index in [2.05, 4.69) is 21.2 Å². The topological polar surface area (TPSA) is 89.3 Å². The summed E-state index contributed by atoms with van der Waals surface area (Å²) >= 11 is 2.92. The lowest BCUT2D eigenvalue weighted by Gasteiger charge is -2.13. The summed E-state index contributed by atoms with van der Waals surface area (Å²) in [5.41, 5.74) is -0.316. The van der Waals surface area contributed by atoms with Crippen molar-refractivity contribution in [3.05, 3.63) is 28.0 Å². The molecule has 0 radical (unpaired) electrons. The molecule has 0 heterocycles. The Morgan fingerprint density at radius 1 is 1.35 bits per heavy atom. The highest BCUT2D eigenvalue weighted by Crippen LogP contribution is 2.25. The largest absolute Gasteiger partial charge is 0.349 e. The van der Waals surface area contributed by atoms with E-state index in [0.717, 1.165) is 37.8 Å². The third kappa shape index (κ3) is 3.36. The van der Waals surface area contributed by atoms with Gasteiger partial charge in [0.1, 0.15) is 5.82 Å². The molecule has 0 aromatic heterocycles.